The normalized spacial score (nSPS) is 21.0. The highest BCUT2D eigenvalue weighted by Crippen LogP contribution is 2.32. The van der Waals surface area contributed by atoms with Crippen LogP contribution in [0.1, 0.15) is 18.9 Å². The van der Waals surface area contributed by atoms with Crippen LogP contribution >= 0.6 is 0 Å². The number of para-hydroxylation sites is 1. The van der Waals surface area contributed by atoms with Gasteiger partial charge in [-0.15, -0.1) is 0 Å². The van der Waals surface area contributed by atoms with Crippen LogP contribution in [0.5, 0.6) is 0 Å². The molecule has 4 heteroatoms. The number of hydrogen-bond acceptors (Lipinski definition) is 3. The van der Waals surface area contributed by atoms with E-state index in [0.29, 0.717) is 0 Å². The molecular weight excluding hydrogens is 279 g/mol. The first kappa shape index (κ1) is 14.7. The molecule has 3 rings (SSSR count). The Labute approximate surface area is 129 Å². The highest BCUT2D eigenvalue weighted by atomic mass is 19.1. The van der Waals surface area contributed by atoms with E-state index in [4.69, 9.17) is 5.10 Å². The van der Waals surface area contributed by atoms with Gasteiger partial charge in [0.2, 0.25) is 0 Å². The molecule has 2 aromatic carbocycles. The molecule has 0 amide bonds. The second-order valence-electron chi connectivity index (χ2n) is 5.44. The Bertz CT molecular complexity index is 655. The van der Waals surface area contributed by atoms with Crippen molar-refractivity contribution in [3.63, 3.8) is 0 Å². The molecule has 0 aliphatic carbocycles. The van der Waals surface area contributed by atoms with Crippen LogP contribution in [0.3, 0.4) is 0 Å². The zero-order chi connectivity index (χ0) is 15.5. The molecule has 0 aromatic heterocycles. The molecule has 1 aliphatic heterocycles. The first-order valence-electron chi connectivity index (χ1n) is 7.54. The lowest BCUT2D eigenvalue weighted by atomic mass is 9.89. The van der Waals surface area contributed by atoms with Gasteiger partial charge in [-0.2, -0.15) is 5.10 Å². The summed E-state index contributed by atoms with van der Waals surface area (Å²) in [4.78, 5) is 0. The summed E-state index contributed by atoms with van der Waals surface area (Å²) in [5.74, 6) is -0.135. The van der Waals surface area contributed by atoms with Crippen LogP contribution in [0.25, 0.3) is 0 Å². The van der Waals surface area contributed by atoms with Gasteiger partial charge in [0.05, 0.1) is 24.0 Å². The number of hydrogen-bond donors (Lipinski definition) is 1. The van der Waals surface area contributed by atoms with Gasteiger partial charge >= 0.3 is 0 Å². The van der Waals surface area contributed by atoms with Gasteiger partial charge in [0.1, 0.15) is 5.82 Å². The fraction of sp³-hybridized carbons (Fsp3) is 0.278. The Hall–Kier alpha value is -2.20. The number of halogens is 1. The van der Waals surface area contributed by atoms with Gasteiger partial charge in [0, 0.05) is 5.92 Å². The first-order chi connectivity index (χ1) is 10.7. The number of aliphatic hydroxyl groups is 1. The number of rotatable bonds is 4. The SMILES string of the molecule is CC[C@H]1C(c2ccc(F)cc2)=NN(c2ccccc2)[C@@H]1CO. The van der Waals surface area contributed by atoms with E-state index in [9.17, 15) is 9.50 Å². The van der Waals surface area contributed by atoms with E-state index in [1.807, 2.05) is 35.3 Å². The Morgan fingerprint density at radius 1 is 1.09 bits per heavy atom. The third-order valence-electron chi connectivity index (χ3n) is 4.13. The summed E-state index contributed by atoms with van der Waals surface area (Å²) in [6.07, 6.45) is 0.866. The van der Waals surface area contributed by atoms with Gasteiger partial charge in [0.15, 0.2) is 0 Å². The second kappa shape index (κ2) is 6.28. The van der Waals surface area contributed by atoms with Crippen LogP contribution in [0.15, 0.2) is 59.7 Å². The maximum Gasteiger partial charge on any atom is 0.123 e. The molecule has 0 fully saturated rings. The molecule has 0 saturated carbocycles. The largest absolute Gasteiger partial charge is 0.394 e. The van der Waals surface area contributed by atoms with Crippen LogP contribution in [0.2, 0.25) is 0 Å². The highest BCUT2D eigenvalue weighted by molar-refractivity contribution is 6.05. The van der Waals surface area contributed by atoms with Gasteiger partial charge in [-0.25, -0.2) is 4.39 Å². The summed E-state index contributed by atoms with van der Waals surface area (Å²) in [5, 5.41) is 16.4. The Balaban J connectivity index is 2.02. The molecule has 22 heavy (non-hydrogen) atoms. The number of aliphatic hydroxyl groups excluding tert-OH is 1. The molecule has 2 aromatic rings. The van der Waals surface area contributed by atoms with Crippen molar-refractivity contribution in [2.45, 2.75) is 19.4 Å². The van der Waals surface area contributed by atoms with Crippen molar-refractivity contribution >= 4 is 11.4 Å². The summed E-state index contributed by atoms with van der Waals surface area (Å²) in [6.45, 7) is 2.11. The predicted molar refractivity (Wildman–Crippen MR) is 86.5 cm³/mol. The van der Waals surface area contributed by atoms with Crippen molar-refractivity contribution in [1.82, 2.24) is 0 Å². The number of benzene rings is 2. The molecule has 1 heterocycles. The summed E-state index contributed by atoms with van der Waals surface area (Å²) < 4.78 is 13.1. The van der Waals surface area contributed by atoms with Crippen molar-refractivity contribution in [2.24, 2.45) is 11.0 Å². The molecule has 0 saturated heterocycles. The Morgan fingerprint density at radius 2 is 1.77 bits per heavy atom. The monoisotopic (exact) mass is 298 g/mol. The van der Waals surface area contributed by atoms with Gasteiger partial charge in [-0.1, -0.05) is 37.3 Å². The second-order valence-corrected chi connectivity index (χ2v) is 5.44. The fourth-order valence-electron chi connectivity index (χ4n) is 3.01. The molecule has 114 valence electrons. The van der Waals surface area contributed by atoms with Crippen molar-refractivity contribution in [2.75, 3.05) is 11.6 Å². The average Bonchev–Trinajstić information content (AvgIpc) is 2.95. The van der Waals surface area contributed by atoms with Gasteiger partial charge in [-0.3, -0.25) is 5.01 Å². The van der Waals surface area contributed by atoms with Crippen molar-refractivity contribution in [3.8, 4) is 0 Å². The molecule has 1 aliphatic rings. The summed E-state index contributed by atoms with van der Waals surface area (Å²) in [7, 11) is 0. The van der Waals surface area contributed by atoms with Crippen molar-refractivity contribution in [3.05, 3.63) is 66.0 Å². The summed E-state index contributed by atoms with van der Waals surface area (Å²) >= 11 is 0. The van der Waals surface area contributed by atoms with Gasteiger partial charge in [0.25, 0.3) is 0 Å². The quantitative estimate of drug-likeness (QED) is 0.938. The molecule has 1 N–H and O–H groups in total. The van der Waals surface area contributed by atoms with E-state index in [1.54, 1.807) is 12.1 Å². The van der Waals surface area contributed by atoms with E-state index in [0.717, 1.165) is 23.4 Å². The third-order valence-corrected chi connectivity index (χ3v) is 4.13. The van der Waals surface area contributed by atoms with E-state index in [2.05, 4.69) is 6.92 Å². The maximum atomic E-state index is 13.1. The minimum atomic E-state index is -0.256. The summed E-state index contributed by atoms with van der Waals surface area (Å²) in [5.41, 5.74) is 2.77. The molecule has 0 spiro atoms. The van der Waals surface area contributed by atoms with Crippen molar-refractivity contribution in [1.29, 1.82) is 0 Å². The van der Waals surface area contributed by atoms with Gasteiger partial charge < -0.3 is 5.11 Å². The molecule has 0 bridgehead atoms. The molecule has 2 atom stereocenters. The lowest BCUT2D eigenvalue weighted by Crippen LogP contribution is -2.36. The van der Waals surface area contributed by atoms with E-state index >= 15 is 0 Å². The van der Waals surface area contributed by atoms with Crippen LogP contribution < -0.4 is 5.01 Å². The Morgan fingerprint density at radius 3 is 2.36 bits per heavy atom. The predicted octanol–water partition coefficient (Wildman–Crippen LogP) is 3.44. The van der Waals surface area contributed by atoms with Crippen LogP contribution in [0.4, 0.5) is 10.1 Å². The van der Waals surface area contributed by atoms with Crippen molar-refractivity contribution < 1.29 is 9.50 Å². The fourth-order valence-corrected chi connectivity index (χ4v) is 3.01. The van der Waals surface area contributed by atoms with E-state index < -0.39 is 0 Å². The number of hydrazone groups is 1. The number of anilines is 1. The lowest BCUT2D eigenvalue weighted by molar-refractivity contribution is 0.244. The zero-order valence-electron chi connectivity index (χ0n) is 12.5. The smallest absolute Gasteiger partial charge is 0.123 e. The van der Waals surface area contributed by atoms with Crippen LogP contribution in [-0.2, 0) is 0 Å². The minimum Gasteiger partial charge on any atom is -0.394 e. The zero-order valence-corrected chi connectivity index (χ0v) is 12.5. The van der Waals surface area contributed by atoms with E-state index in [-0.39, 0.29) is 24.4 Å². The number of nitrogens with zero attached hydrogens (tertiary/aromatic N) is 2. The minimum absolute atomic E-state index is 0.0294. The topological polar surface area (TPSA) is 35.8 Å². The van der Waals surface area contributed by atoms with Crippen LogP contribution in [-0.4, -0.2) is 23.5 Å². The van der Waals surface area contributed by atoms with E-state index in [1.165, 1.54) is 12.1 Å². The maximum absolute atomic E-state index is 13.1. The molecule has 3 nitrogen and oxygen atoms in total. The van der Waals surface area contributed by atoms with Gasteiger partial charge in [-0.05, 0) is 36.2 Å². The lowest BCUT2D eigenvalue weighted by Gasteiger charge is -2.25. The first-order valence-corrected chi connectivity index (χ1v) is 7.54. The highest BCUT2D eigenvalue weighted by Gasteiger charge is 2.36. The summed E-state index contributed by atoms with van der Waals surface area (Å²) in [6, 6.07) is 16.1. The third kappa shape index (κ3) is 2.62. The van der Waals surface area contributed by atoms with Crippen LogP contribution in [0, 0.1) is 11.7 Å². The standard InChI is InChI=1S/C18H19FN2O/c1-2-16-17(12-22)21(15-6-4-3-5-7-15)20-18(16)13-8-10-14(19)11-9-13/h3-11,16-17,22H,2,12H2,1H3/t16-,17-/m1/s1. The average molecular weight is 298 g/mol. The molecule has 0 unspecified atom stereocenters. The molecule has 0 radical (unpaired) electrons. The molecular formula is C18H19FN2O. The Kier molecular flexibility index (Phi) is 4.20.